The molecule has 0 aliphatic heterocycles. The summed E-state index contributed by atoms with van der Waals surface area (Å²) in [4.78, 5) is 0. The molecular weight excluding hydrogens is 320 g/mol. The van der Waals surface area contributed by atoms with Crippen LogP contribution in [0.15, 0.2) is 72.8 Å². The number of nitrogens with one attached hydrogen (secondary N) is 1. The molecule has 3 rings (SSSR count). The Kier molecular flexibility index (Phi) is 5.75. The average Bonchev–Trinajstić information content (AvgIpc) is 2.64. The van der Waals surface area contributed by atoms with Crippen molar-refractivity contribution in [1.29, 1.82) is 0 Å². The summed E-state index contributed by atoms with van der Waals surface area (Å²) >= 11 is 0. The van der Waals surface area contributed by atoms with Crippen molar-refractivity contribution in [3.8, 4) is 5.75 Å². The molecule has 0 heterocycles. The number of rotatable bonds is 7. The zero-order valence-corrected chi connectivity index (χ0v) is 13.7. The molecule has 0 aliphatic carbocycles. The van der Waals surface area contributed by atoms with E-state index in [0.717, 1.165) is 16.9 Å². The summed E-state index contributed by atoms with van der Waals surface area (Å²) in [7, 11) is 0. The van der Waals surface area contributed by atoms with Crippen molar-refractivity contribution in [2.75, 3.05) is 0 Å². The van der Waals surface area contributed by atoms with Gasteiger partial charge in [-0.3, -0.25) is 0 Å². The van der Waals surface area contributed by atoms with Gasteiger partial charge in [-0.2, -0.15) is 0 Å². The minimum atomic E-state index is -0.269. The van der Waals surface area contributed by atoms with E-state index in [1.54, 1.807) is 30.3 Å². The van der Waals surface area contributed by atoms with Gasteiger partial charge in [-0.05, 0) is 29.8 Å². The van der Waals surface area contributed by atoms with Gasteiger partial charge in [-0.25, -0.2) is 8.78 Å². The van der Waals surface area contributed by atoms with E-state index < -0.39 is 0 Å². The van der Waals surface area contributed by atoms with Gasteiger partial charge in [0.15, 0.2) is 0 Å². The Morgan fingerprint density at radius 3 is 2.16 bits per heavy atom. The van der Waals surface area contributed by atoms with Crippen LogP contribution in [-0.4, -0.2) is 0 Å². The van der Waals surface area contributed by atoms with Crippen LogP contribution in [0.5, 0.6) is 5.75 Å². The van der Waals surface area contributed by atoms with E-state index in [-0.39, 0.29) is 18.2 Å². The molecule has 0 saturated carbocycles. The lowest BCUT2D eigenvalue weighted by Crippen LogP contribution is -2.13. The Morgan fingerprint density at radius 2 is 1.40 bits per heavy atom. The lowest BCUT2D eigenvalue weighted by atomic mass is 10.1. The first kappa shape index (κ1) is 17.1. The number of halogens is 2. The summed E-state index contributed by atoms with van der Waals surface area (Å²) in [6.45, 7) is 1.41. The van der Waals surface area contributed by atoms with Crippen molar-refractivity contribution in [2.45, 2.75) is 19.7 Å². The van der Waals surface area contributed by atoms with Crippen LogP contribution in [0.25, 0.3) is 0 Å². The molecule has 3 aromatic carbocycles. The molecule has 0 fully saturated rings. The Labute approximate surface area is 146 Å². The van der Waals surface area contributed by atoms with E-state index in [1.165, 1.54) is 18.2 Å². The van der Waals surface area contributed by atoms with Gasteiger partial charge in [-0.1, -0.05) is 48.5 Å². The molecule has 0 saturated heterocycles. The Morgan fingerprint density at radius 1 is 0.720 bits per heavy atom. The molecule has 0 radical (unpaired) electrons. The molecule has 128 valence electrons. The van der Waals surface area contributed by atoms with Gasteiger partial charge in [0.25, 0.3) is 0 Å². The van der Waals surface area contributed by atoms with E-state index in [1.807, 2.05) is 24.3 Å². The van der Waals surface area contributed by atoms with Crippen LogP contribution in [0.4, 0.5) is 8.78 Å². The Bertz CT molecular complexity index is 818. The third kappa shape index (κ3) is 4.88. The van der Waals surface area contributed by atoms with Crippen LogP contribution < -0.4 is 10.1 Å². The zero-order chi connectivity index (χ0) is 17.5. The maximum absolute atomic E-state index is 13.7. The van der Waals surface area contributed by atoms with E-state index >= 15 is 0 Å². The summed E-state index contributed by atoms with van der Waals surface area (Å²) < 4.78 is 32.4. The highest BCUT2D eigenvalue weighted by molar-refractivity contribution is 5.33. The van der Waals surface area contributed by atoms with E-state index in [0.29, 0.717) is 18.7 Å². The van der Waals surface area contributed by atoms with Crippen molar-refractivity contribution >= 4 is 0 Å². The highest BCUT2D eigenvalue weighted by Crippen LogP contribution is 2.20. The van der Waals surface area contributed by atoms with E-state index in [4.69, 9.17) is 4.74 Å². The third-order valence-corrected chi connectivity index (χ3v) is 3.87. The molecule has 2 nitrogen and oxygen atoms in total. The lowest BCUT2D eigenvalue weighted by Gasteiger charge is -2.13. The largest absolute Gasteiger partial charge is 0.488 e. The maximum atomic E-state index is 13.7. The Hall–Kier alpha value is -2.72. The van der Waals surface area contributed by atoms with Gasteiger partial charge in [0.05, 0.1) is 0 Å². The van der Waals surface area contributed by atoms with Crippen molar-refractivity contribution < 1.29 is 13.5 Å². The maximum Gasteiger partial charge on any atom is 0.129 e. The third-order valence-electron chi connectivity index (χ3n) is 3.87. The average molecular weight is 339 g/mol. The van der Waals surface area contributed by atoms with Gasteiger partial charge < -0.3 is 10.1 Å². The topological polar surface area (TPSA) is 21.3 Å². The summed E-state index contributed by atoms with van der Waals surface area (Å²) in [6.07, 6.45) is 0. The lowest BCUT2D eigenvalue weighted by molar-refractivity contribution is 0.296. The predicted octanol–water partition coefficient (Wildman–Crippen LogP) is 4.83. The second kappa shape index (κ2) is 8.40. The first-order valence-corrected chi connectivity index (χ1v) is 8.11. The summed E-state index contributed by atoms with van der Waals surface area (Å²) in [5, 5.41) is 3.31. The van der Waals surface area contributed by atoms with Crippen molar-refractivity contribution in [3.05, 3.63) is 101 Å². The summed E-state index contributed by atoms with van der Waals surface area (Å²) in [5.41, 5.74) is 2.52. The minimum Gasteiger partial charge on any atom is -0.488 e. The number of para-hydroxylation sites is 1. The van der Waals surface area contributed by atoms with Crippen LogP contribution in [0.3, 0.4) is 0 Å². The molecule has 3 aromatic rings. The minimum absolute atomic E-state index is 0.182. The first-order chi connectivity index (χ1) is 12.2. The van der Waals surface area contributed by atoms with Crippen molar-refractivity contribution in [3.63, 3.8) is 0 Å². The predicted molar refractivity (Wildman–Crippen MR) is 94.1 cm³/mol. The van der Waals surface area contributed by atoms with Gasteiger partial charge in [0.1, 0.15) is 24.0 Å². The highest BCUT2D eigenvalue weighted by atomic mass is 19.1. The van der Waals surface area contributed by atoms with Gasteiger partial charge in [-0.15, -0.1) is 0 Å². The van der Waals surface area contributed by atoms with Gasteiger partial charge >= 0.3 is 0 Å². The second-order valence-corrected chi connectivity index (χ2v) is 5.72. The fourth-order valence-corrected chi connectivity index (χ4v) is 2.51. The fraction of sp³-hybridized carbons (Fsp3) is 0.143. The second-order valence-electron chi connectivity index (χ2n) is 5.72. The number of hydrogen-bond donors (Lipinski definition) is 1. The van der Waals surface area contributed by atoms with Crippen molar-refractivity contribution in [2.24, 2.45) is 0 Å². The summed E-state index contributed by atoms with van der Waals surface area (Å²) in [5.74, 6) is 0.211. The number of benzene rings is 3. The van der Waals surface area contributed by atoms with Crippen LogP contribution in [0, 0.1) is 11.6 Å². The molecular formula is C21H19F2NO. The van der Waals surface area contributed by atoms with Crippen molar-refractivity contribution in [1.82, 2.24) is 5.32 Å². The molecule has 0 aliphatic rings. The molecule has 0 atom stereocenters. The smallest absolute Gasteiger partial charge is 0.129 e. The molecule has 0 amide bonds. The molecule has 4 heteroatoms. The van der Waals surface area contributed by atoms with E-state index in [9.17, 15) is 8.78 Å². The first-order valence-electron chi connectivity index (χ1n) is 8.11. The molecule has 0 bridgehead atoms. The molecule has 0 unspecified atom stereocenters. The van der Waals surface area contributed by atoms with Crippen LogP contribution >= 0.6 is 0 Å². The number of hydrogen-bond acceptors (Lipinski definition) is 2. The van der Waals surface area contributed by atoms with Crippen LogP contribution in [0.1, 0.15) is 16.7 Å². The zero-order valence-electron chi connectivity index (χ0n) is 13.7. The number of ether oxygens (including phenoxy) is 1. The summed E-state index contributed by atoms with van der Waals surface area (Å²) in [6, 6.07) is 20.6. The normalized spacial score (nSPS) is 10.6. The van der Waals surface area contributed by atoms with Gasteiger partial charge in [0, 0.05) is 24.2 Å². The quantitative estimate of drug-likeness (QED) is 0.665. The monoisotopic (exact) mass is 339 g/mol. The van der Waals surface area contributed by atoms with Gasteiger partial charge in [0.2, 0.25) is 0 Å². The van der Waals surface area contributed by atoms with Crippen LogP contribution in [0.2, 0.25) is 0 Å². The molecule has 0 spiro atoms. The van der Waals surface area contributed by atoms with E-state index in [2.05, 4.69) is 5.32 Å². The Balaban J connectivity index is 1.59. The van der Waals surface area contributed by atoms with Crippen LogP contribution in [-0.2, 0) is 19.7 Å². The standard InChI is InChI=1S/C21H19F2NO/c22-19-11-9-16(10-12-19)13-24-14-17-5-2-4-8-21(17)25-15-18-6-1-3-7-20(18)23/h1-12,24H,13-15H2. The highest BCUT2D eigenvalue weighted by Gasteiger charge is 2.06. The molecule has 1 N–H and O–H groups in total. The molecule has 25 heavy (non-hydrogen) atoms. The fourth-order valence-electron chi connectivity index (χ4n) is 2.51. The SMILES string of the molecule is Fc1ccc(CNCc2ccccc2OCc2ccccc2F)cc1. The molecule has 0 aromatic heterocycles.